The van der Waals surface area contributed by atoms with Gasteiger partial charge < -0.3 is 19.9 Å². The smallest absolute Gasteiger partial charge is 0.457 e. The first kappa shape index (κ1) is 30.2. The van der Waals surface area contributed by atoms with E-state index >= 15 is 0 Å². The Labute approximate surface area is 221 Å². The van der Waals surface area contributed by atoms with Crippen LogP contribution in [0, 0.1) is 0 Å². The molecule has 0 radical (unpaired) electrons. The van der Waals surface area contributed by atoms with Crippen LogP contribution in [0.15, 0.2) is 72.8 Å². The molecule has 3 rings (SSSR count). The minimum absolute atomic E-state index is 0.124. The van der Waals surface area contributed by atoms with Gasteiger partial charge in [0.25, 0.3) is 0 Å². The van der Waals surface area contributed by atoms with Gasteiger partial charge in [-0.25, -0.2) is 0 Å². The Kier molecular flexibility index (Phi) is 9.17. The molecule has 0 aliphatic carbocycles. The highest BCUT2D eigenvalue weighted by Gasteiger charge is 2.44. The Balaban J connectivity index is 1.98. The highest BCUT2D eigenvalue weighted by atomic mass is 19.4. The van der Waals surface area contributed by atoms with Crippen molar-refractivity contribution in [2.45, 2.75) is 57.0 Å². The van der Waals surface area contributed by atoms with E-state index in [1.54, 1.807) is 36.4 Å². The average molecular weight is 560 g/mol. The molecule has 0 aliphatic heterocycles. The van der Waals surface area contributed by atoms with Crippen LogP contribution in [0.25, 0.3) is 0 Å². The molecule has 3 aromatic carbocycles. The second-order valence-electron chi connectivity index (χ2n) is 9.86. The van der Waals surface area contributed by atoms with Gasteiger partial charge in [0.2, 0.25) is 0 Å². The van der Waals surface area contributed by atoms with Crippen LogP contribution in [0.2, 0.25) is 0 Å². The number of aliphatic hydroxyl groups is 1. The van der Waals surface area contributed by atoms with Crippen LogP contribution in [0.3, 0.4) is 0 Å². The van der Waals surface area contributed by atoms with E-state index in [4.69, 9.17) is 4.74 Å². The number of nitrogens with one attached hydrogen (secondary N) is 1. The van der Waals surface area contributed by atoms with E-state index in [9.17, 15) is 35.8 Å². The van der Waals surface area contributed by atoms with Crippen molar-refractivity contribution >= 4 is 0 Å². The molecule has 2 N–H and O–H groups in total. The molecule has 0 saturated carbocycles. The largest absolute Gasteiger partial charge is 0.461 e. The fraction of sp³-hybridized carbons (Fsp3) is 0.357. The number of rotatable bonds is 10. The quantitative estimate of drug-likeness (QED) is 0.251. The van der Waals surface area contributed by atoms with Crippen LogP contribution in [0.4, 0.5) is 30.7 Å². The van der Waals surface area contributed by atoms with E-state index < -0.39 is 43.2 Å². The zero-order chi connectivity index (χ0) is 29.0. The number of halogens is 7. The Hall–Kier alpha value is -3.31. The predicted octanol–water partition coefficient (Wildman–Crippen LogP) is 7.62. The van der Waals surface area contributed by atoms with Crippen molar-refractivity contribution in [3.8, 4) is 17.2 Å². The van der Waals surface area contributed by atoms with Crippen molar-refractivity contribution in [3.05, 3.63) is 89.5 Å². The number of benzene rings is 3. The van der Waals surface area contributed by atoms with Crippen molar-refractivity contribution < 1.29 is 45.3 Å². The van der Waals surface area contributed by atoms with E-state index in [1.807, 2.05) is 32.9 Å². The Morgan fingerprint density at radius 3 is 1.92 bits per heavy atom. The number of ether oxygens (including phenoxy) is 2. The third-order valence-electron chi connectivity index (χ3n) is 5.71. The van der Waals surface area contributed by atoms with Gasteiger partial charge in [-0.05, 0) is 46.9 Å². The number of para-hydroxylation sites is 1. The molecule has 0 fully saturated rings. The second kappa shape index (κ2) is 11.8. The highest BCUT2D eigenvalue weighted by molar-refractivity contribution is 5.44. The lowest BCUT2D eigenvalue weighted by Crippen LogP contribution is -2.40. The first-order valence-electron chi connectivity index (χ1n) is 11.9. The van der Waals surface area contributed by atoms with E-state index in [0.717, 1.165) is 17.7 Å². The molecule has 0 aromatic heterocycles. The summed E-state index contributed by atoms with van der Waals surface area (Å²) in [6.07, 6.45) is -16.5. The molecule has 212 valence electrons. The van der Waals surface area contributed by atoms with Gasteiger partial charge in [0.15, 0.2) is 6.10 Å². The zero-order valence-corrected chi connectivity index (χ0v) is 21.3. The first-order valence-corrected chi connectivity index (χ1v) is 11.9. The van der Waals surface area contributed by atoms with Crippen LogP contribution in [0.1, 0.15) is 43.5 Å². The molecule has 2 atom stereocenters. The van der Waals surface area contributed by atoms with Gasteiger partial charge in [0.05, 0.1) is 6.04 Å². The summed E-state index contributed by atoms with van der Waals surface area (Å²) in [5, 5.41) is 12.1. The number of hydrogen-bond acceptors (Lipinski definition) is 4. The molecule has 4 nitrogen and oxygen atoms in total. The zero-order valence-electron chi connectivity index (χ0n) is 21.3. The van der Waals surface area contributed by atoms with Gasteiger partial charge in [-0.3, -0.25) is 0 Å². The van der Waals surface area contributed by atoms with Crippen LogP contribution < -0.4 is 14.8 Å². The monoisotopic (exact) mass is 559 g/mol. The second-order valence-corrected chi connectivity index (χ2v) is 9.86. The fourth-order valence-electron chi connectivity index (χ4n) is 3.79. The Morgan fingerprint density at radius 2 is 1.36 bits per heavy atom. The lowest BCUT2D eigenvalue weighted by molar-refractivity contribution is -0.253. The molecule has 0 heterocycles. The Bertz CT molecular complexity index is 1240. The van der Waals surface area contributed by atoms with E-state index in [0.29, 0.717) is 17.1 Å². The lowest BCUT2D eigenvalue weighted by Gasteiger charge is -2.25. The third-order valence-corrected chi connectivity index (χ3v) is 5.71. The number of hydrogen-bond donors (Lipinski definition) is 2. The maximum Gasteiger partial charge on any atom is 0.461 e. The predicted molar refractivity (Wildman–Crippen MR) is 132 cm³/mol. The van der Waals surface area contributed by atoms with Crippen molar-refractivity contribution in [2.24, 2.45) is 0 Å². The molecule has 39 heavy (non-hydrogen) atoms. The summed E-state index contributed by atoms with van der Waals surface area (Å²) in [4.78, 5) is 0. The molecule has 0 aliphatic rings. The van der Waals surface area contributed by atoms with Gasteiger partial charge in [-0.15, -0.1) is 0 Å². The van der Waals surface area contributed by atoms with Crippen LogP contribution >= 0.6 is 0 Å². The maximum atomic E-state index is 13.5. The standard InChI is InChI=1S/C28H28F7NO3/c1-26(2,3)21-12-4-5-13-22(21)38-19-10-6-8-17(14-19)24(36-16-23(37)27(31,32)33)18-9-7-11-20(15-18)39-28(34,35)25(29)30/h4-15,23-25,36-37H,16H2,1-3H3. The summed E-state index contributed by atoms with van der Waals surface area (Å²) >= 11 is 0. The van der Waals surface area contributed by atoms with Gasteiger partial charge in [-0.2, -0.15) is 30.7 Å². The maximum absolute atomic E-state index is 13.5. The molecule has 0 amide bonds. The normalized spacial score (nSPS) is 14.3. The lowest BCUT2D eigenvalue weighted by atomic mass is 9.86. The third kappa shape index (κ3) is 8.09. The van der Waals surface area contributed by atoms with Crippen LogP contribution in [-0.2, 0) is 5.41 Å². The summed E-state index contributed by atoms with van der Waals surface area (Å²) in [6, 6.07) is 17.2. The van der Waals surface area contributed by atoms with Crippen molar-refractivity contribution in [1.29, 1.82) is 0 Å². The summed E-state index contributed by atoms with van der Waals surface area (Å²) in [7, 11) is 0. The van der Waals surface area contributed by atoms with E-state index in [1.165, 1.54) is 12.1 Å². The van der Waals surface area contributed by atoms with Crippen molar-refractivity contribution in [1.82, 2.24) is 5.32 Å². The van der Waals surface area contributed by atoms with Crippen molar-refractivity contribution in [2.75, 3.05) is 6.54 Å². The summed E-state index contributed by atoms with van der Waals surface area (Å²) in [5.41, 5.74) is 1.13. The molecular weight excluding hydrogens is 531 g/mol. The van der Waals surface area contributed by atoms with Crippen LogP contribution in [0.5, 0.6) is 17.2 Å². The molecule has 0 saturated heterocycles. The minimum Gasteiger partial charge on any atom is -0.457 e. The summed E-state index contributed by atoms with van der Waals surface area (Å²) in [5.74, 6) is 0.278. The van der Waals surface area contributed by atoms with Crippen molar-refractivity contribution in [3.63, 3.8) is 0 Å². The molecule has 11 heteroatoms. The van der Waals surface area contributed by atoms with Gasteiger partial charge in [-0.1, -0.05) is 63.2 Å². The van der Waals surface area contributed by atoms with E-state index in [2.05, 4.69) is 10.1 Å². The van der Waals surface area contributed by atoms with Crippen LogP contribution in [-0.4, -0.2) is 36.5 Å². The van der Waals surface area contributed by atoms with Gasteiger partial charge >= 0.3 is 18.7 Å². The van der Waals surface area contributed by atoms with Gasteiger partial charge in [0.1, 0.15) is 17.2 Å². The topological polar surface area (TPSA) is 50.7 Å². The molecule has 0 bridgehead atoms. The number of alkyl halides is 7. The number of aliphatic hydroxyl groups excluding tert-OH is 1. The van der Waals surface area contributed by atoms with E-state index in [-0.39, 0.29) is 11.0 Å². The first-order chi connectivity index (χ1) is 18.1. The average Bonchev–Trinajstić information content (AvgIpc) is 2.83. The molecule has 0 spiro atoms. The highest BCUT2D eigenvalue weighted by Crippen LogP contribution is 2.36. The molecule has 2 unspecified atom stereocenters. The molecular formula is C28H28F7NO3. The summed E-state index contributed by atoms with van der Waals surface area (Å²) in [6.45, 7) is 5.07. The Morgan fingerprint density at radius 1 is 0.795 bits per heavy atom. The van der Waals surface area contributed by atoms with Gasteiger partial charge in [0, 0.05) is 12.1 Å². The SMILES string of the molecule is CC(C)(C)c1ccccc1Oc1cccc(C(NCC(O)C(F)(F)F)c2cccc(OC(F)(F)C(F)F)c2)c1. The fourth-order valence-corrected chi connectivity index (χ4v) is 3.79. The molecule has 3 aromatic rings. The minimum atomic E-state index is -4.91. The summed E-state index contributed by atoms with van der Waals surface area (Å²) < 4.78 is 101.